The minimum Gasteiger partial charge on any atom is -0.311 e. The number of rotatable bonds is 5. The number of nitrogens with zero attached hydrogens (tertiary/aromatic N) is 2. The number of anilines is 6. The van der Waals surface area contributed by atoms with E-state index in [4.69, 9.17) is 0 Å². The highest BCUT2D eigenvalue weighted by Crippen LogP contribution is 2.51. The second kappa shape index (κ2) is 15.8. The van der Waals surface area contributed by atoms with Crippen molar-refractivity contribution in [2.45, 2.75) is 65.7 Å². The third-order valence-electron chi connectivity index (χ3n) is 15.3. The molecule has 0 bridgehead atoms. The summed E-state index contributed by atoms with van der Waals surface area (Å²) < 4.78 is 2.72. The van der Waals surface area contributed by atoms with Crippen LogP contribution in [-0.2, 0) is 17.3 Å². The van der Waals surface area contributed by atoms with Gasteiger partial charge in [0.1, 0.15) is 0 Å². The van der Waals surface area contributed by atoms with E-state index in [0.717, 1.165) is 6.42 Å². The number of hydrogen-bond donors (Lipinski definition) is 0. The van der Waals surface area contributed by atoms with Gasteiger partial charge in [-0.05, 0) is 155 Å². The molecule has 13 rings (SSSR count). The standard InChI is InChI=1S/C66H55BN2S/c1-8-41-28-33-58-56(36-41)67-62-59(68(47-21-16-20-43(37-47)42-18-10-9-11-19-42)63-55-40-46(66(5,6)7)31-35-61(55)70-64(63)67)26-17-27-60(62)69(58)57-34-30-45(65(2,3)4)39-53(57)44-29-32-52-50-24-13-12-22-48(50)49-23-14-15-25-51(49)54(52)38-44/h9-40H,8H2,1-7H3. The Morgan fingerprint density at radius 2 is 1.03 bits per heavy atom. The highest BCUT2D eigenvalue weighted by atomic mass is 32.1. The lowest BCUT2D eigenvalue weighted by atomic mass is 9.36. The van der Waals surface area contributed by atoms with Crippen molar-refractivity contribution in [1.82, 2.24) is 0 Å². The molecule has 0 spiro atoms. The van der Waals surface area contributed by atoms with Crippen molar-refractivity contribution in [1.29, 1.82) is 0 Å². The molecule has 0 amide bonds. The Kier molecular flexibility index (Phi) is 9.65. The van der Waals surface area contributed by atoms with Gasteiger partial charge in [-0.15, -0.1) is 11.3 Å². The third kappa shape index (κ3) is 6.60. The zero-order valence-corrected chi connectivity index (χ0v) is 41.9. The summed E-state index contributed by atoms with van der Waals surface area (Å²) in [5, 5.41) is 9.05. The van der Waals surface area contributed by atoms with E-state index in [9.17, 15) is 0 Å². The summed E-state index contributed by atoms with van der Waals surface area (Å²) in [4.78, 5) is 5.22. The summed E-state index contributed by atoms with van der Waals surface area (Å²) in [6, 6.07) is 74.0. The van der Waals surface area contributed by atoms with E-state index in [0.29, 0.717) is 0 Å². The van der Waals surface area contributed by atoms with Crippen LogP contribution in [0.1, 0.15) is 65.2 Å². The number of aryl methyl sites for hydroxylation is 1. The fourth-order valence-corrected chi connectivity index (χ4v) is 12.9. The van der Waals surface area contributed by atoms with Gasteiger partial charge in [0, 0.05) is 43.2 Å². The molecule has 70 heavy (non-hydrogen) atoms. The summed E-state index contributed by atoms with van der Waals surface area (Å²) in [6.07, 6.45) is 0.965. The molecule has 11 aromatic rings. The van der Waals surface area contributed by atoms with Gasteiger partial charge in [-0.2, -0.15) is 0 Å². The molecule has 0 N–H and O–H groups in total. The molecule has 0 aliphatic carbocycles. The normalized spacial score (nSPS) is 13.3. The Bertz CT molecular complexity index is 3890. The van der Waals surface area contributed by atoms with Crippen LogP contribution in [-0.4, -0.2) is 6.71 Å². The summed E-state index contributed by atoms with van der Waals surface area (Å²) in [6.45, 7) is 16.3. The topological polar surface area (TPSA) is 6.48 Å². The van der Waals surface area contributed by atoms with Crippen LogP contribution in [0.25, 0.3) is 64.7 Å². The molecule has 0 saturated carbocycles. The number of fused-ring (bicyclic) bond motifs is 12. The number of benzene rings is 10. The molecule has 1 aromatic heterocycles. The molecule has 2 aliphatic heterocycles. The largest absolute Gasteiger partial charge is 0.311 e. The van der Waals surface area contributed by atoms with Crippen molar-refractivity contribution in [3.05, 3.63) is 211 Å². The van der Waals surface area contributed by atoms with E-state index in [1.54, 1.807) is 0 Å². The maximum Gasteiger partial charge on any atom is 0.264 e. The van der Waals surface area contributed by atoms with E-state index < -0.39 is 0 Å². The molecular formula is C66H55BN2S. The molecule has 2 aliphatic rings. The van der Waals surface area contributed by atoms with Crippen LogP contribution < -0.4 is 25.5 Å². The SMILES string of the molecule is CCc1ccc2c(c1)B1c3sc4ccc(C(C)(C)C)cc4c3N(c3cccc(-c4ccccc4)c3)c3cccc(c31)N2c1ccc(C(C)(C)C)cc1-c1ccc2c3ccccc3c3ccccc3c2c1. The first-order chi connectivity index (χ1) is 33.9. The lowest BCUT2D eigenvalue weighted by molar-refractivity contribution is 0.590. The highest BCUT2D eigenvalue weighted by molar-refractivity contribution is 7.33. The molecule has 0 saturated heterocycles. The molecule has 2 nitrogen and oxygen atoms in total. The first-order valence-electron chi connectivity index (χ1n) is 25.0. The second-order valence-electron chi connectivity index (χ2n) is 21.6. The van der Waals surface area contributed by atoms with Gasteiger partial charge in [-0.1, -0.05) is 182 Å². The Morgan fingerprint density at radius 3 is 1.73 bits per heavy atom. The van der Waals surface area contributed by atoms with Crippen molar-refractivity contribution >= 4 is 110 Å². The Balaban J connectivity index is 1.10. The Morgan fingerprint density at radius 1 is 0.429 bits per heavy atom. The van der Waals surface area contributed by atoms with E-state index >= 15 is 0 Å². The van der Waals surface area contributed by atoms with Gasteiger partial charge in [-0.3, -0.25) is 0 Å². The zero-order chi connectivity index (χ0) is 47.6. The van der Waals surface area contributed by atoms with Gasteiger partial charge < -0.3 is 9.80 Å². The van der Waals surface area contributed by atoms with Gasteiger partial charge in [0.2, 0.25) is 0 Å². The predicted octanol–water partition coefficient (Wildman–Crippen LogP) is 16.9. The van der Waals surface area contributed by atoms with Crippen LogP contribution in [0.15, 0.2) is 194 Å². The Labute approximate surface area is 416 Å². The van der Waals surface area contributed by atoms with Gasteiger partial charge in [0.25, 0.3) is 6.71 Å². The molecule has 0 radical (unpaired) electrons. The lowest BCUT2D eigenvalue weighted by Crippen LogP contribution is -2.60. The second-order valence-corrected chi connectivity index (χ2v) is 22.7. The van der Waals surface area contributed by atoms with Crippen molar-refractivity contribution in [2.75, 3.05) is 9.80 Å². The van der Waals surface area contributed by atoms with Crippen LogP contribution in [0.4, 0.5) is 34.1 Å². The quantitative estimate of drug-likeness (QED) is 0.125. The van der Waals surface area contributed by atoms with E-state index in [1.165, 1.54) is 131 Å². The van der Waals surface area contributed by atoms with Gasteiger partial charge >= 0.3 is 0 Å². The molecule has 0 unspecified atom stereocenters. The average molecular weight is 919 g/mol. The minimum atomic E-state index is -0.0565. The van der Waals surface area contributed by atoms with Gasteiger partial charge in [0.05, 0.1) is 11.4 Å². The third-order valence-corrected chi connectivity index (χ3v) is 16.5. The monoisotopic (exact) mass is 918 g/mol. The lowest BCUT2D eigenvalue weighted by Gasteiger charge is -2.43. The van der Waals surface area contributed by atoms with Crippen LogP contribution >= 0.6 is 11.3 Å². The fourth-order valence-electron chi connectivity index (χ4n) is 11.6. The molecule has 3 heterocycles. The molecule has 0 atom stereocenters. The summed E-state index contributed by atoms with van der Waals surface area (Å²) in [5.41, 5.74) is 18.9. The van der Waals surface area contributed by atoms with Gasteiger partial charge in [0.15, 0.2) is 0 Å². The smallest absolute Gasteiger partial charge is 0.264 e. The van der Waals surface area contributed by atoms with Gasteiger partial charge in [-0.25, -0.2) is 0 Å². The summed E-state index contributed by atoms with van der Waals surface area (Å²) >= 11 is 1.98. The number of hydrogen-bond acceptors (Lipinski definition) is 3. The van der Waals surface area contributed by atoms with Crippen molar-refractivity contribution in [2.24, 2.45) is 0 Å². The minimum absolute atomic E-state index is 0.000942. The average Bonchev–Trinajstić information content (AvgIpc) is 3.76. The van der Waals surface area contributed by atoms with Crippen LogP contribution in [0.5, 0.6) is 0 Å². The van der Waals surface area contributed by atoms with Crippen LogP contribution in [0, 0.1) is 0 Å². The molecular weight excluding hydrogens is 864 g/mol. The molecule has 10 aromatic carbocycles. The molecule has 338 valence electrons. The summed E-state index contributed by atoms with van der Waals surface area (Å²) in [5.74, 6) is 0. The van der Waals surface area contributed by atoms with Crippen molar-refractivity contribution in [3.63, 3.8) is 0 Å². The van der Waals surface area contributed by atoms with E-state index in [1.807, 2.05) is 11.3 Å². The molecule has 0 fully saturated rings. The maximum atomic E-state index is 2.61. The van der Waals surface area contributed by atoms with E-state index in [-0.39, 0.29) is 17.5 Å². The molecule has 4 heteroatoms. The first-order valence-corrected chi connectivity index (χ1v) is 25.8. The number of thiophene rings is 1. The van der Waals surface area contributed by atoms with E-state index in [2.05, 4.69) is 252 Å². The predicted molar refractivity (Wildman–Crippen MR) is 306 cm³/mol. The Hall–Kier alpha value is -7.40. The highest BCUT2D eigenvalue weighted by Gasteiger charge is 2.45. The zero-order valence-electron chi connectivity index (χ0n) is 41.1. The van der Waals surface area contributed by atoms with Crippen molar-refractivity contribution < 1.29 is 0 Å². The first kappa shape index (κ1) is 42.7. The summed E-state index contributed by atoms with van der Waals surface area (Å²) in [7, 11) is 0. The maximum absolute atomic E-state index is 2.61. The van der Waals surface area contributed by atoms with Crippen LogP contribution in [0.3, 0.4) is 0 Å². The van der Waals surface area contributed by atoms with Crippen molar-refractivity contribution in [3.8, 4) is 22.3 Å². The fraction of sp³-hybridized carbons (Fsp3) is 0.152. The van der Waals surface area contributed by atoms with Crippen LogP contribution in [0.2, 0.25) is 0 Å².